The molecule has 0 radical (unpaired) electrons. The Balaban J connectivity index is 3.47. The van der Waals surface area contributed by atoms with E-state index in [-0.39, 0.29) is 0 Å². The van der Waals surface area contributed by atoms with E-state index in [1.807, 2.05) is -0.332 Å². The van der Waals surface area contributed by atoms with Crippen molar-refractivity contribution in [2.24, 2.45) is 29.6 Å². The molecule has 1 heteroatoms. The summed E-state index contributed by atoms with van der Waals surface area (Å²) >= 11 is 0.818. The van der Waals surface area contributed by atoms with Crippen molar-refractivity contribution in [3.8, 4) is 0 Å². The zero-order chi connectivity index (χ0) is 14.2. The maximum atomic E-state index is 2.40. The zero-order valence-corrected chi connectivity index (χ0v) is 17.0. The van der Waals surface area contributed by atoms with Gasteiger partial charge >= 0.3 is 150 Å². The summed E-state index contributed by atoms with van der Waals surface area (Å²) in [5.41, 5.74) is 5.24. The molecule has 0 N–H and O–H groups in total. The molecule has 0 aromatic carbocycles. The van der Waals surface area contributed by atoms with Crippen LogP contribution in [0.2, 0.25) is 0 Å². The zero-order valence-electron chi connectivity index (χ0n) is 13.9. The molecule has 0 aromatic heterocycles. The summed E-state index contributed by atoms with van der Waals surface area (Å²) in [4.78, 5) is 0. The van der Waals surface area contributed by atoms with E-state index in [4.69, 9.17) is 0 Å². The Labute approximate surface area is 148 Å². The molecule has 0 nitrogen and oxygen atoms in total. The minimum absolute atomic E-state index is 0.681. The summed E-state index contributed by atoms with van der Waals surface area (Å²) in [6, 6.07) is 0. The molecule has 0 aliphatic heterocycles. The van der Waals surface area contributed by atoms with Gasteiger partial charge in [-0.1, -0.05) is 0 Å². The van der Waals surface area contributed by atoms with E-state index in [2.05, 4.69) is 55.4 Å². The first-order chi connectivity index (χ1) is 8.20. The van der Waals surface area contributed by atoms with Crippen LogP contribution in [0.1, 0.15) is 55.4 Å². The van der Waals surface area contributed by atoms with Crippen LogP contribution in [0, 0.1) is 29.6 Å². The first kappa shape index (κ1) is 17.2. The van der Waals surface area contributed by atoms with Gasteiger partial charge in [0.1, 0.15) is 0 Å². The first-order valence-electron chi connectivity index (χ1n) is 7.65. The Hall–Kier alpha value is 1.12. The molecule has 0 amide bonds. The SMILES string of the molecule is CC(C)C1=[C]([K])C(C(C)C)C(C(C)C)=C1C(C)C. The van der Waals surface area contributed by atoms with Gasteiger partial charge < -0.3 is 0 Å². The number of hydrogen-bond donors (Lipinski definition) is 0. The molecular formula is C17H29K. The van der Waals surface area contributed by atoms with E-state index in [0.717, 1.165) is 60.8 Å². The Bertz CT molecular complexity index is 367. The van der Waals surface area contributed by atoms with Crippen molar-refractivity contribution in [2.45, 2.75) is 55.4 Å². The molecule has 0 fully saturated rings. The van der Waals surface area contributed by atoms with E-state index in [9.17, 15) is 0 Å². The Morgan fingerprint density at radius 1 is 0.722 bits per heavy atom. The van der Waals surface area contributed by atoms with Crippen LogP contribution < -0.4 is 0 Å². The second-order valence-electron chi connectivity index (χ2n) is 7.15. The molecule has 0 spiro atoms. The number of hydrogen-bond acceptors (Lipinski definition) is 0. The van der Waals surface area contributed by atoms with Gasteiger partial charge in [-0.25, -0.2) is 0 Å². The fourth-order valence-electron chi connectivity index (χ4n) is 3.88. The Morgan fingerprint density at radius 2 is 1.17 bits per heavy atom. The van der Waals surface area contributed by atoms with Gasteiger partial charge in [0.25, 0.3) is 0 Å². The van der Waals surface area contributed by atoms with Gasteiger partial charge in [0.05, 0.1) is 0 Å². The predicted molar refractivity (Wildman–Crippen MR) is 82.6 cm³/mol. The van der Waals surface area contributed by atoms with E-state index >= 15 is 0 Å². The van der Waals surface area contributed by atoms with Crippen molar-refractivity contribution >= 4 is 49.0 Å². The predicted octanol–water partition coefficient (Wildman–Crippen LogP) is 4.96. The molecule has 1 atom stereocenters. The molecule has 18 heavy (non-hydrogen) atoms. The number of rotatable bonds is 4. The topological polar surface area (TPSA) is 0 Å². The Kier molecular flexibility index (Phi) is 6.40. The van der Waals surface area contributed by atoms with E-state index < -0.39 is 0 Å². The van der Waals surface area contributed by atoms with Gasteiger partial charge in [-0.3, -0.25) is 0 Å². The summed E-state index contributed by atoms with van der Waals surface area (Å²) < 4.78 is 1.83. The third-order valence-electron chi connectivity index (χ3n) is 4.27. The quantitative estimate of drug-likeness (QED) is 0.635. The van der Waals surface area contributed by atoms with Crippen molar-refractivity contribution in [3.05, 3.63) is 16.4 Å². The second kappa shape index (κ2) is 6.71. The van der Waals surface area contributed by atoms with Crippen molar-refractivity contribution in [3.63, 3.8) is 0 Å². The van der Waals surface area contributed by atoms with Gasteiger partial charge in [-0.05, 0) is 0 Å². The summed E-state index contributed by atoms with van der Waals surface area (Å²) in [7, 11) is 0. The molecule has 1 unspecified atom stereocenters. The van der Waals surface area contributed by atoms with Gasteiger partial charge in [0.2, 0.25) is 0 Å². The molecular weight excluding hydrogens is 243 g/mol. The number of allylic oxidation sites excluding steroid dienone is 4. The van der Waals surface area contributed by atoms with Gasteiger partial charge in [0, 0.05) is 0 Å². The van der Waals surface area contributed by atoms with E-state index in [0.29, 0.717) is 17.8 Å². The van der Waals surface area contributed by atoms with Gasteiger partial charge in [-0.2, -0.15) is 0 Å². The molecule has 0 saturated carbocycles. The minimum atomic E-state index is 0.681. The van der Waals surface area contributed by atoms with Gasteiger partial charge in [0.15, 0.2) is 0 Å². The summed E-state index contributed by atoms with van der Waals surface area (Å²) in [5, 5.41) is 0. The van der Waals surface area contributed by atoms with Crippen LogP contribution in [0.5, 0.6) is 0 Å². The molecule has 98 valence electrons. The monoisotopic (exact) mass is 272 g/mol. The van der Waals surface area contributed by atoms with Crippen molar-refractivity contribution in [1.82, 2.24) is 0 Å². The molecule has 0 aromatic rings. The van der Waals surface area contributed by atoms with Crippen LogP contribution in [0.3, 0.4) is 0 Å². The average molecular weight is 273 g/mol. The van der Waals surface area contributed by atoms with Gasteiger partial charge in [-0.15, -0.1) is 0 Å². The van der Waals surface area contributed by atoms with Crippen LogP contribution in [0.4, 0.5) is 0 Å². The average Bonchev–Trinajstić information content (AvgIpc) is 2.51. The third kappa shape index (κ3) is 3.23. The van der Waals surface area contributed by atoms with Crippen LogP contribution in [-0.4, -0.2) is 49.0 Å². The van der Waals surface area contributed by atoms with E-state index in [1.54, 1.807) is 16.7 Å². The normalized spacial score (nSPS) is 21.6. The molecule has 0 saturated heterocycles. The maximum absolute atomic E-state index is 2.40. The second-order valence-corrected chi connectivity index (χ2v) is 8.83. The van der Waals surface area contributed by atoms with Crippen molar-refractivity contribution < 1.29 is 0 Å². The van der Waals surface area contributed by atoms with Crippen LogP contribution in [0.25, 0.3) is 0 Å². The fraction of sp³-hybridized carbons (Fsp3) is 0.765. The Morgan fingerprint density at radius 3 is 1.44 bits per heavy atom. The molecule has 0 heterocycles. The fourth-order valence-corrected chi connectivity index (χ4v) is 6.72. The molecule has 1 rings (SSSR count). The molecule has 0 bridgehead atoms. The van der Waals surface area contributed by atoms with Crippen molar-refractivity contribution in [1.29, 1.82) is 0 Å². The summed E-state index contributed by atoms with van der Waals surface area (Å²) in [6.07, 6.45) is 0. The van der Waals surface area contributed by atoms with Crippen molar-refractivity contribution in [2.75, 3.05) is 0 Å². The van der Waals surface area contributed by atoms with E-state index in [1.165, 1.54) is 0 Å². The standard InChI is InChI=1S/C17H29.K/c1-10(2)14-9-15(11(3)4)17(13(7)8)16(14)12(5)6;/h10-14H,1-8H3;. The molecule has 1 aliphatic carbocycles. The summed E-state index contributed by atoms with van der Waals surface area (Å²) in [5.74, 6) is 3.60. The van der Waals surface area contributed by atoms with Crippen LogP contribution in [0.15, 0.2) is 16.4 Å². The third-order valence-corrected chi connectivity index (χ3v) is 6.08. The molecule has 1 aliphatic rings. The van der Waals surface area contributed by atoms with Crippen LogP contribution in [-0.2, 0) is 0 Å². The first-order valence-corrected chi connectivity index (χ1v) is 9.21. The van der Waals surface area contributed by atoms with Crippen LogP contribution >= 0.6 is 0 Å². The summed E-state index contributed by atoms with van der Waals surface area (Å²) in [6.45, 7) is 19.1.